The predicted molar refractivity (Wildman–Crippen MR) is 126 cm³/mol. The minimum atomic E-state index is -4.09. The number of sulfonamides is 1. The zero-order valence-electron chi connectivity index (χ0n) is 16.7. The van der Waals surface area contributed by atoms with Gasteiger partial charge in [0.15, 0.2) is 0 Å². The van der Waals surface area contributed by atoms with E-state index in [4.69, 9.17) is 23.2 Å². The number of hydrogen-bond donors (Lipinski definition) is 1. The highest BCUT2D eigenvalue weighted by atomic mass is 35.5. The van der Waals surface area contributed by atoms with E-state index in [2.05, 4.69) is 9.71 Å². The number of halogens is 2. The summed E-state index contributed by atoms with van der Waals surface area (Å²) in [7, 11) is -4.09. The molecular weight excluding hydrogens is 467 g/mol. The summed E-state index contributed by atoms with van der Waals surface area (Å²) in [5.74, 6) is -1.48. The molecule has 0 bridgehead atoms. The Bertz CT molecular complexity index is 1390. The van der Waals surface area contributed by atoms with Gasteiger partial charge in [0.05, 0.1) is 20.9 Å². The fraction of sp³-hybridized carbons (Fsp3) is 0.0833. The summed E-state index contributed by atoms with van der Waals surface area (Å²) >= 11 is 12.2. The second-order valence-electron chi connectivity index (χ2n) is 7.27. The number of fused-ring (bicyclic) bond motifs is 1. The molecule has 5 nitrogen and oxygen atoms in total. The van der Waals surface area contributed by atoms with Crippen LogP contribution in [-0.2, 0) is 21.2 Å². The number of hydrogen-bond acceptors (Lipinski definition) is 4. The van der Waals surface area contributed by atoms with Crippen LogP contribution in [0.15, 0.2) is 90.1 Å². The van der Waals surface area contributed by atoms with Crippen molar-refractivity contribution in [3.8, 4) is 0 Å². The Labute approximate surface area is 196 Å². The quantitative estimate of drug-likeness (QED) is 0.398. The molecule has 1 unspecified atom stereocenters. The van der Waals surface area contributed by atoms with Crippen molar-refractivity contribution in [3.05, 3.63) is 106 Å². The van der Waals surface area contributed by atoms with Gasteiger partial charge in [-0.3, -0.25) is 9.78 Å². The molecule has 3 aromatic carbocycles. The smallest absolute Gasteiger partial charge is 0.264 e. The summed E-state index contributed by atoms with van der Waals surface area (Å²) in [6.45, 7) is 0. The molecule has 0 aliphatic heterocycles. The monoisotopic (exact) mass is 484 g/mol. The van der Waals surface area contributed by atoms with Gasteiger partial charge in [0.25, 0.3) is 10.0 Å². The van der Waals surface area contributed by atoms with E-state index in [1.165, 1.54) is 6.07 Å². The summed E-state index contributed by atoms with van der Waals surface area (Å²) in [4.78, 5) is 17.3. The van der Waals surface area contributed by atoms with Crippen LogP contribution in [0.2, 0.25) is 10.0 Å². The van der Waals surface area contributed by atoms with E-state index in [1.807, 2.05) is 30.3 Å². The third-order valence-corrected chi connectivity index (χ3v) is 7.17. The number of aromatic nitrogens is 1. The number of nitrogens with one attached hydrogen (secondary N) is 1. The van der Waals surface area contributed by atoms with Crippen molar-refractivity contribution in [2.75, 3.05) is 0 Å². The Morgan fingerprint density at radius 3 is 2.41 bits per heavy atom. The van der Waals surface area contributed by atoms with Crippen LogP contribution < -0.4 is 4.72 Å². The van der Waals surface area contributed by atoms with Gasteiger partial charge in [-0.2, -0.15) is 0 Å². The van der Waals surface area contributed by atoms with Gasteiger partial charge in [-0.15, -0.1) is 0 Å². The lowest BCUT2D eigenvalue weighted by Crippen LogP contribution is -2.35. The van der Waals surface area contributed by atoms with Gasteiger partial charge >= 0.3 is 0 Å². The summed E-state index contributed by atoms with van der Waals surface area (Å²) in [5, 5.41) is 2.30. The van der Waals surface area contributed by atoms with Crippen LogP contribution in [0.1, 0.15) is 17.0 Å². The zero-order valence-corrected chi connectivity index (χ0v) is 19.0. The maximum absolute atomic E-state index is 13.2. The largest absolute Gasteiger partial charge is 0.273 e. The number of rotatable bonds is 6. The Kier molecular flexibility index (Phi) is 6.46. The third kappa shape index (κ3) is 4.93. The maximum atomic E-state index is 13.2. The Balaban J connectivity index is 1.66. The lowest BCUT2D eigenvalue weighted by molar-refractivity contribution is -0.120. The first kappa shape index (κ1) is 22.3. The van der Waals surface area contributed by atoms with Crippen LogP contribution in [0.25, 0.3) is 10.8 Å². The molecule has 1 aromatic heterocycles. The molecule has 32 heavy (non-hydrogen) atoms. The lowest BCUT2D eigenvalue weighted by Gasteiger charge is -2.18. The van der Waals surface area contributed by atoms with Gasteiger partial charge in [0.1, 0.15) is 0 Å². The summed E-state index contributed by atoms with van der Waals surface area (Å²) < 4.78 is 28.2. The van der Waals surface area contributed by atoms with E-state index < -0.39 is 21.8 Å². The minimum Gasteiger partial charge on any atom is -0.273 e. The van der Waals surface area contributed by atoms with Gasteiger partial charge in [0, 0.05) is 12.4 Å². The van der Waals surface area contributed by atoms with Gasteiger partial charge in [-0.05, 0) is 58.7 Å². The SMILES string of the molecule is O=C(NS(=O)(=O)c1ccc2ccccc2c1)C(Cc1cccnc1)c1ccc(Cl)c(Cl)c1. The van der Waals surface area contributed by atoms with Crippen LogP contribution in [0.3, 0.4) is 0 Å². The molecule has 0 aliphatic carbocycles. The van der Waals surface area contributed by atoms with Crippen LogP contribution in [0.5, 0.6) is 0 Å². The number of benzene rings is 3. The average molecular weight is 485 g/mol. The third-order valence-electron chi connectivity index (χ3n) is 5.09. The van der Waals surface area contributed by atoms with Crippen LogP contribution in [0.4, 0.5) is 0 Å². The standard InChI is InChI=1S/C24H18Cl2N2O3S/c25-22-10-8-19(14-23(22)26)21(12-16-4-3-11-27-15-16)24(29)28-32(30,31)20-9-7-17-5-1-2-6-18(17)13-20/h1-11,13-15,21H,12H2,(H,28,29). The number of pyridine rings is 1. The predicted octanol–water partition coefficient (Wildman–Crippen LogP) is 5.37. The first-order valence-corrected chi connectivity index (χ1v) is 12.0. The number of nitrogens with zero attached hydrogens (tertiary/aromatic N) is 1. The Morgan fingerprint density at radius 1 is 0.906 bits per heavy atom. The highest BCUT2D eigenvalue weighted by molar-refractivity contribution is 7.90. The summed E-state index contributed by atoms with van der Waals surface area (Å²) in [5.41, 5.74) is 1.33. The second kappa shape index (κ2) is 9.28. The summed E-state index contributed by atoms with van der Waals surface area (Å²) in [6.07, 6.45) is 3.50. The molecule has 1 N–H and O–H groups in total. The number of amides is 1. The molecule has 1 amide bonds. The first-order valence-electron chi connectivity index (χ1n) is 9.73. The van der Waals surface area contributed by atoms with Crippen molar-refractivity contribution in [1.29, 1.82) is 0 Å². The molecule has 0 radical (unpaired) electrons. The fourth-order valence-corrected chi connectivity index (χ4v) is 4.80. The van der Waals surface area contributed by atoms with Crippen molar-refractivity contribution in [3.63, 3.8) is 0 Å². The van der Waals surface area contributed by atoms with E-state index in [-0.39, 0.29) is 16.3 Å². The van der Waals surface area contributed by atoms with Crippen molar-refractivity contribution >= 4 is 49.9 Å². The van der Waals surface area contributed by atoms with Gasteiger partial charge in [-0.1, -0.05) is 65.7 Å². The van der Waals surface area contributed by atoms with E-state index in [9.17, 15) is 13.2 Å². The molecule has 8 heteroatoms. The van der Waals surface area contributed by atoms with Crippen LogP contribution in [-0.4, -0.2) is 19.3 Å². The topological polar surface area (TPSA) is 76.1 Å². The van der Waals surface area contributed by atoms with Crippen molar-refractivity contribution in [2.45, 2.75) is 17.2 Å². The average Bonchev–Trinajstić information content (AvgIpc) is 2.79. The first-order chi connectivity index (χ1) is 15.3. The lowest BCUT2D eigenvalue weighted by atomic mass is 9.92. The van der Waals surface area contributed by atoms with Crippen molar-refractivity contribution in [1.82, 2.24) is 9.71 Å². The Morgan fingerprint density at radius 2 is 1.69 bits per heavy atom. The molecule has 1 heterocycles. The molecule has 0 saturated heterocycles. The normalized spacial score (nSPS) is 12.4. The molecule has 1 atom stereocenters. The number of carbonyl (C=O) groups excluding carboxylic acids is 1. The van der Waals surface area contributed by atoms with Crippen molar-refractivity contribution in [2.24, 2.45) is 0 Å². The van der Waals surface area contributed by atoms with E-state index in [0.717, 1.165) is 16.3 Å². The van der Waals surface area contributed by atoms with Gasteiger partial charge in [0.2, 0.25) is 5.91 Å². The Hall–Kier alpha value is -2.93. The molecule has 0 aliphatic rings. The van der Waals surface area contributed by atoms with Crippen molar-refractivity contribution < 1.29 is 13.2 Å². The van der Waals surface area contributed by atoms with Gasteiger partial charge < -0.3 is 0 Å². The second-order valence-corrected chi connectivity index (χ2v) is 9.77. The summed E-state index contributed by atoms with van der Waals surface area (Å²) in [6, 6.07) is 20.5. The highest BCUT2D eigenvalue weighted by Gasteiger charge is 2.27. The van der Waals surface area contributed by atoms with E-state index >= 15 is 0 Å². The van der Waals surface area contributed by atoms with Crippen LogP contribution >= 0.6 is 23.2 Å². The zero-order chi connectivity index (χ0) is 22.7. The highest BCUT2D eigenvalue weighted by Crippen LogP contribution is 2.29. The molecule has 0 spiro atoms. The molecule has 162 valence electrons. The molecule has 0 fully saturated rings. The maximum Gasteiger partial charge on any atom is 0.264 e. The minimum absolute atomic E-state index is 0.0128. The molecule has 4 aromatic rings. The molecule has 4 rings (SSSR count). The van der Waals surface area contributed by atoms with Crippen LogP contribution in [0, 0.1) is 0 Å². The molecular formula is C24H18Cl2N2O3S. The van der Waals surface area contributed by atoms with E-state index in [1.54, 1.807) is 48.8 Å². The molecule has 0 saturated carbocycles. The van der Waals surface area contributed by atoms with Gasteiger partial charge in [-0.25, -0.2) is 13.1 Å². The fourth-order valence-electron chi connectivity index (χ4n) is 3.44. The van der Waals surface area contributed by atoms with E-state index in [0.29, 0.717) is 10.6 Å². The number of carbonyl (C=O) groups is 1.